The second kappa shape index (κ2) is 45.6. The first-order chi connectivity index (χ1) is 28.5. The molecule has 0 aliphatic rings. The molecule has 0 aliphatic carbocycles. The van der Waals surface area contributed by atoms with E-state index >= 15 is 0 Å². The van der Waals surface area contributed by atoms with Gasteiger partial charge in [0, 0.05) is 6.42 Å². The van der Waals surface area contributed by atoms with Crippen molar-refractivity contribution in [3.05, 3.63) is 60.8 Å². The molecule has 6 nitrogen and oxygen atoms in total. The monoisotopic (exact) mass is 812 g/mol. The zero-order valence-electron chi connectivity index (χ0n) is 38.2. The molecule has 0 aliphatic heterocycles. The minimum Gasteiger partial charge on any atom is -0.462 e. The first kappa shape index (κ1) is 55.6. The number of aliphatic hydroxyl groups excluding tert-OH is 2. The van der Waals surface area contributed by atoms with E-state index in [0.29, 0.717) is 19.3 Å². The fourth-order valence-corrected chi connectivity index (χ4v) is 7.16. The lowest BCUT2D eigenvalue weighted by molar-refractivity contribution is -0.151. The van der Waals surface area contributed by atoms with Crippen LogP contribution < -0.4 is 5.32 Å². The number of hydrogen-bond acceptors (Lipinski definition) is 5. The average Bonchev–Trinajstić information content (AvgIpc) is 3.22. The Balaban J connectivity index is 4.50. The van der Waals surface area contributed by atoms with Crippen molar-refractivity contribution >= 4 is 11.9 Å². The van der Waals surface area contributed by atoms with Crippen molar-refractivity contribution in [2.75, 3.05) is 6.61 Å². The van der Waals surface area contributed by atoms with Crippen LogP contribution in [0, 0.1) is 0 Å². The Kier molecular flexibility index (Phi) is 43.7. The highest BCUT2D eigenvalue weighted by Gasteiger charge is 2.24. The third-order valence-electron chi connectivity index (χ3n) is 10.9. The van der Waals surface area contributed by atoms with E-state index in [4.69, 9.17) is 4.74 Å². The third-order valence-corrected chi connectivity index (χ3v) is 10.9. The molecule has 3 unspecified atom stereocenters. The van der Waals surface area contributed by atoms with Gasteiger partial charge < -0.3 is 20.3 Å². The van der Waals surface area contributed by atoms with E-state index in [1.165, 1.54) is 89.9 Å². The maximum atomic E-state index is 13.1. The maximum Gasteiger partial charge on any atom is 0.306 e. The van der Waals surface area contributed by atoms with Crippen LogP contribution in [0.2, 0.25) is 0 Å². The normalized spacial score (nSPS) is 13.8. The third kappa shape index (κ3) is 40.3. The molecular formula is C52H93NO5. The molecule has 0 aromatic heterocycles. The first-order valence-corrected chi connectivity index (χ1v) is 24.5. The minimum absolute atomic E-state index is 0.0636. The molecule has 1 amide bonds. The van der Waals surface area contributed by atoms with Gasteiger partial charge in [-0.25, -0.2) is 0 Å². The summed E-state index contributed by atoms with van der Waals surface area (Å²) < 4.78 is 5.89. The first-order valence-electron chi connectivity index (χ1n) is 24.5. The summed E-state index contributed by atoms with van der Waals surface area (Å²) in [7, 11) is 0. The van der Waals surface area contributed by atoms with Crippen LogP contribution >= 0.6 is 0 Å². The lowest BCUT2D eigenvalue weighted by Crippen LogP contribution is -2.46. The van der Waals surface area contributed by atoms with E-state index in [9.17, 15) is 19.8 Å². The lowest BCUT2D eigenvalue weighted by Gasteiger charge is -2.24. The Morgan fingerprint density at radius 2 is 0.931 bits per heavy atom. The molecule has 0 saturated carbocycles. The molecule has 0 heterocycles. The topological polar surface area (TPSA) is 95.9 Å². The smallest absolute Gasteiger partial charge is 0.306 e. The van der Waals surface area contributed by atoms with Crippen LogP contribution in [0.25, 0.3) is 0 Å². The fraction of sp³-hybridized carbons (Fsp3) is 0.769. The van der Waals surface area contributed by atoms with E-state index in [1.807, 2.05) is 0 Å². The molecule has 0 radical (unpaired) electrons. The Morgan fingerprint density at radius 1 is 0.517 bits per heavy atom. The predicted molar refractivity (Wildman–Crippen MR) is 250 cm³/mol. The van der Waals surface area contributed by atoms with Gasteiger partial charge in [0.25, 0.3) is 0 Å². The molecule has 0 fully saturated rings. The van der Waals surface area contributed by atoms with Crippen LogP contribution in [0.5, 0.6) is 0 Å². The lowest BCUT2D eigenvalue weighted by atomic mass is 10.0. The van der Waals surface area contributed by atoms with Gasteiger partial charge in [-0.2, -0.15) is 0 Å². The number of allylic oxidation sites excluding steroid dienone is 10. The van der Waals surface area contributed by atoms with Crippen molar-refractivity contribution < 1.29 is 24.5 Å². The van der Waals surface area contributed by atoms with E-state index in [0.717, 1.165) is 96.3 Å². The zero-order chi connectivity index (χ0) is 42.4. The molecule has 0 saturated heterocycles. The van der Waals surface area contributed by atoms with Crippen LogP contribution in [0.1, 0.15) is 233 Å². The molecule has 3 N–H and O–H groups in total. The summed E-state index contributed by atoms with van der Waals surface area (Å²) in [5.41, 5.74) is 0. The maximum absolute atomic E-state index is 13.1. The van der Waals surface area contributed by atoms with Crippen LogP contribution in [-0.4, -0.2) is 46.9 Å². The second-order valence-corrected chi connectivity index (χ2v) is 16.5. The quantitative estimate of drug-likeness (QED) is 0.0324. The van der Waals surface area contributed by atoms with Crippen LogP contribution in [0.4, 0.5) is 0 Å². The highest BCUT2D eigenvalue weighted by molar-refractivity contribution is 5.77. The summed E-state index contributed by atoms with van der Waals surface area (Å²) in [6.07, 6.45) is 55.7. The number of rotatable bonds is 43. The van der Waals surface area contributed by atoms with Crippen molar-refractivity contribution in [1.82, 2.24) is 5.32 Å². The highest BCUT2D eigenvalue weighted by Crippen LogP contribution is 2.17. The fourth-order valence-electron chi connectivity index (χ4n) is 7.16. The minimum atomic E-state index is -0.791. The summed E-state index contributed by atoms with van der Waals surface area (Å²) in [6, 6.07) is -0.706. The van der Waals surface area contributed by atoms with E-state index < -0.39 is 18.2 Å². The van der Waals surface area contributed by atoms with Crippen LogP contribution in [0.3, 0.4) is 0 Å². The number of carbonyl (C=O) groups excluding carboxylic acids is 2. The van der Waals surface area contributed by atoms with Crippen molar-refractivity contribution in [3.63, 3.8) is 0 Å². The summed E-state index contributed by atoms with van der Waals surface area (Å²) >= 11 is 0. The molecule has 58 heavy (non-hydrogen) atoms. The van der Waals surface area contributed by atoms with Crippen LogP contribution in [-0.2, 0) is 14.3 Å². The number of amides is 1. The van der Waals surface area contributed by atoms with Gasteiger partial charge in [0.05, 0.1) is 25.2 Å². The number of carbonyl (C=O) groups is 2. The van der Waals surface area contributed by atoms with Gasteiger partial charge in [0.2, 0.25) is 5.91 Å². The van der Waals surface area contributed by atoms with Gasteiger partial charge >= 0.3 is 5.97 Å². The van der Waals surface area contributed by atoms with Gasteiger partial charge in [0.15, 0.2) is 0 Å². The van der Waals surface area contributed by atoms with Crippen molar-refractivity contribution in [1.29, 1.82) is 0 Å². The zero-order valence-corrected chi connectivity index (χ0v) is 38.2. The molecular weight excluding hydrogens is 719 g/mol. The molecule has 0 aromatic carbocycles. The van der Waals surface area contributed by atoms with Gasteiger partial charge in [-0.1, -0.05) is 210 Å². The molecule has 6 heteroatoms. The van der Waals surface area contributed by atoms with Gasteiger partial charge in [-0.3, -0.25) is 9.59 Å². The number of nitrogens with one attached hydrogen (secondary N) is 1. The SMILES string of the molecule is CC/C=C\C/C=C\C/C=C\C/C=C\C/C=C\CCCCCC(=O)OC(CCCCCCCCCC)CC(=O)NC(CO)C(O)CCCCCCCCCCCCCC. The van der Waals surface area contributed by atoms with Crippen LogP contribution in [0.15, 0.2) is 60.8 Å². The summed E-state index contributed by atoms with van der Waals surface area (Å²) in [5.74, 6) is -0.514. The number of unbranched alkanes of at least 4 members (excludes halogenated alkanes) is 21. The van der Waals surface area contributed by atoms with Gasteiger partial charge in [-0.15, -0.1) is 0 Å². The second-order valence-electron chi connectivity index (χ2n) is 16.5. The van der Waals surface area contributed by atoms with Gasteiger partial charge in [-0.05, 0) is 70.6 Å². The molecule has 336 valence electrons. The standard InChI is InChI=1S/C52H93NO5/c1-4-7-10-13-16-19-21-23-24-25-26-27-28-29-31-33-36-39-42-45-52(57)58-48(43-40-37-34-18-15-12-9-6-3)46-51(56)53-49(47-54)50(55)44-41-38-35-32-30-22-20-17-14-11-8-5-2/h7,10,16,19,23-24,26-27,29,31,48-50,54-55H,4-6,8-9,11-15,17-18,20-22,25,28,30,32-47H2,1-3H3,(H,53,56)/b10-7-,19-16-,24-23-,27-26-,31-29-. The molecule has 0 rings (SSSR count). The van der Waals surface area contributed by atoms with E-state index in [-0.39, 0.29) is 24.9 Å². The summed E-state index contributed by atoms with van der Waals surface area (Å²) in [6.45, 7) is 6.33. The number of ether oxygens (including phenoxy) is 1. The summed E-state index contributed by atoms with van der Waals surface area (Å²) in [4.78, 5) is 26.0. The Morgan fingerprint density at radius 3 is 1.40 bits per heavy atom. The molecule has 3 atom stereocenters. The van der Waals surface area contributed by atoms with Gasteiger partial charge in [0.1, 0.15) is 6.10 Å². The molecule has 0 spiro atoms. The largest absolute Gasteiger partial charge is 0.462 e. The Hall–Kier alpha value is -2.44. The highest BCUT2D eigenvalue weighted by atomic mass is 16.5. The number of hydrogen-bond donors (Lipinski definition) is 3. The Bertz CT molecular complexity index is 1050. The Labute approximate surface area is 358 Å². The number of esters is 1. The van der Waals surface area contributed by atoms with E-state index in [2.05, 4.69) is 86.8 Å². The summed E-state index contributed by atoms with van der Waals surface area (Å²) in [5, 5.41) is 23.6. The van der Waals surface area contributed by atoms with Crippen molar-refractivity contribution in [2.24, 2.45) is 0 Å². The molecule has 0 bridgehead atoms. The predicted octanol–water partition coefficient (Wildman–Crippen LogP) is 14.5. The van der Waals surface area contributed by atoms with E-state index in [1.54, 1.807) is 0 Å². The average molecular weight is 812 g/mol. The van der Waals surface area contributed by atoms with Crippen molar-refractivity contribution in [2.45, 2.75) is 251 Å². The number of aliphatic hydroxyl groups is 2. The molecule has 0 aromatic rings. The van der Waals surface area contributed by atoms with Crippen molar-refractivity contribution in [3.8, 4) is 0 Å².